The van der Waals surface area contributed by atoms with Gasteiger partial charge >= 0.3 is 0 Å². The van der Waals surface area contributed by atoms with Crippen molar-refractivity contribution in [3.8, 4) is 0 Å². The zero-order chi connectivity index (χ0) is 13.1. The molecule has 2 N–H and O–H groups in total. The Bertz CT molecular complexity index is 424. The van der Waals surface area contributed by atoms with Crippen LogP contribution in [0.15, 0.2) is 24.3 Å². The fourth-order valence-electron chi connectivity index (χ4n) is 2.06. The Labute approximate surface area is 111 Å². The Hall–Kier alpha value is -1.07. The van der Waals surface area contributed by atoms with Crippen molar-refractivity contribution < 1.29 is 14.5 Å². The van der Waals surface area contributed by atoms with Gasteiger partial charge in [-0.3, -0.25) is 4.79 Å². The van der Waals surface area contributed by atoms with Crippen LogP contribution in [-0.4, -0.2) is 36.2 Å². The number of quaternary nitrogens is 1. The van der Waals surface area contributed by atoms with E-state index in [0.29, 0.717) is 0 Å². The Kier molecular flexibility index (Phi) is 4.24. The standard InChI is InChI=1S/C13H17FN2OS/c1-9-12(17)16(8-7-15-2)13(18-9)10-3-5-11(14)6-4-10/h3-6,9,13,15H,7-8H2,1-2H3/p+1/t9-,13+/m0/s1. The van der Waals surface area contributed by atoms with Gasteiger partial charge < -0.3 is 10.2 Å². The number of thioether (sulfide) groups is 1. The number of hydrogen-bond acceptors (Lipinski definition) is 2. The molecule has 1 aromatic carbocycles. The first-order chi connectivity index (χ1) is 8.63. The topological polar surface area (TPSA) is 36.9 Å². The third-order valence-electron chi connectivity index (χ3n) is 3.06. The monoisotopic (exact) mass is 269 g/mol. The number of hydrogen-bond donors (Lipinski definition) is 1. The Morgan fingerprint density at radius 3 is 2.67 bits per heavy atom. The van der Waals surface area contributed by atoms with Gasteiger partial charge in [0, 0.05) is 0 Å². The average Bonchev–Trinajstić information content (AvgIpc) is 2.64. The van der Waals surface area contributed by atoms with Crippen molar-refractivity contribution in [3.63, 3.8) is 0 Å². The van der Waals surface area contributed by atoms with Crippen LogP contribution in [0.2, 0.25) is 0 Å². The maximum Gasteiger partial charge on any atom is 0.236 e. The highest BCUT2D eigenvalue weighted by molar-refractivity contribution is 8.01. The second-order valence-electron chi connectivity index (χ2n) is 4.41. The van der Waals surface area contributed by atoms with Crippen LogP contribution in [0.3, 0.4) is 0 Å². The summed E-state index contributed by atoms with van der Waals surface area (Å²) >= 11 is 1.63. The summed E-state index contributed by atoms with van der Waals surface area (Å²) in [5.41, 5.74) is 0.996. The predicted octanol–water partition coefficient (Wildman–Crippen LogP) is 0.981. The third kappa shape index (κ3) is 2.67. The third-order valence-corrected chi connectivity index (χ3v) is 4.46. The zero-order valence-corrected chi connectivity index (χ0v) is 11.4. The molecule has 2 atom stereocenters. The lowest BCUT2D eigenvalue weighted by molar-refractivity contribution is -0.626. The second kappa shape index (κ2) is 5.71. The molecule has 0 spiro atoms. The highest BCUT2D eigenvalue weighted by Gasteiger charge is 2.38. The molecule has 0 unspecified atom stereocenters. The lowest BCUT2D eigenvalue weighted by atomic mass is 10.2. The summed E-state index contributed by atoms with van der Waals surface area (Å²) in [6, 6.07) is 6.43. The van der Waals surface area contributed by atoms with E-state index >= 15 is 0 Å². The van der Waals surface area contributed by atoms with Crippen LogP contribution < -0.4 is 5.32 Å². The van der Waals surface area contributed by atoms with E-state index in [-0.39, 0.29) is 22.3 Å². The molecule has 18 heavy (non-hydrogen) atoms. The summed E-state index contributed by atoms with van der Waals surface area (Å²) in [7, 11) is 1.99. The number of benzene rings is 1. The molecule has 3 nitrogen and oxygen atoms in total. The van der Waals surface area contributed by atoms with E-state index in [9.17, 15) is 9.18 Å². The van der Waals surface area contributed by atoms with Crippen molar-refractivity contribution in [2.24, 2.45) is 0 Å². The fraction of sp³-hybridized carbons (Fsp3) is 0.462. The number of rotatable bonds is 4. The summed E-state index contributed by atoms with van der Waals surface area (Å²) in [5, 5.41) is 2.06. The first kappa shape index (κ1) is 13.4. The largest absolute Gasteiger partial charge is 0.347 e. The average molecular weight is 269 g/mol. The van der Waals surface area contributed by atoms with Crippen molar-refractivity contribution in [2.75, 3.05) is 20.1 Å². The molecule has 0 radical (unpaired) electrons. The molecule has 0 aliphatic carbocycles. The van der Waals surface area contributed by atoms with E-state index in [4.69, 9.17) is 0 Å². The molecule has 1 saturated heterocycles. The lowest BCUT2D eigenvalue weighted by Gasteiger charge is -2.23. The van der Waals surface area contributed by atoms with Gasteiger partial charge in [0.2, 0.25) is 5.91 Å². The Balaban J connectivity index is 2.19. The smallest absolute Gasteiger partial charge is 0.236 e. The summed E-state index contributed by atoms with van der Waals surface area (Å²) in [4.78, 5) is 14.0. The van der Waals surface area contributed by atoms with Gasteiger partial charge in [0.05, 0.1) is 25.4 Å². The van der Waals surface area contributed by atoms with Gasteiger partial charge in [0.25, 0.3) is 0 Å². The highest BCUT2D eigenvalue weighted by Crippen LogP contribution is 2.42. The van der Waals surface area contributed by atoms with E-state index in [2.05, 4.69) is 5.32 Å². The molecule has 1 heterocycles. The molecule has 2 rings (SSSR count). The number of nitrogens with zero attached hydrogens (tertiary/aromatic N) is 1. The van der Waals surface area contributed by atoms with Crippen LogP contribution in [0, 0.1) is 5.82 Å². The minimum Gasteiger partial charge on any atom is -0.347 e. The van der Waals surface area contributed by atoms with Gasteiger partial charge in [-0.05, 0) is 24.6 Å². The van der Waals surface area contributed by atoms with Gasteiger partial charge in [-0.2, -0.15) is 0 Å². The van der Waals surface area contributed by atoms with Crippen LogP contribution in [-0.2, 0) is 4.79 Å². The number of halogens is 1. The summed E-state index contributed by atoms with van der Waals surface area (Å²) in [6.07, 6.45) is 0. The van der Waals surface area contributed by atoms with Crippen LogP contribution in [0.5, 0.6) is 0 Å². The van der Waals surface area contributed by atoms with Crippen molar-refractivity contribution in [1.82, 2.24) is 4.90 Å². The van der Waals surface area contributed by atoms with Crippen LogP contribution in [0.25, 0.3) is 0 Å². The maximum atomic E-state index is 12.9. The second-order valence-corrected chi connectivity index (χ2v) is 5.84. The molecule has 0 aromatic heterocycles. The van der Waals surface area contributed by atoms with Crippen molar-refractivity contribution in [1.29, 1.82) is 0 Å². The molecule has 1 aromatic rings. The van der Waals surface area contributed by atoms with Crippen molar-refractivity contribution in [3.05, 3.63) is 35.6 Å². The molecular formula is C13H18FN2OS+. The molecule has 98 valence electrons. The summed E-state index contributed by atoms with van der Waals surface area (Å²) < 4.78 is 12.9. The molecule has 0 bridgehead atoms. The maximum absolute atomic E-state index is 12.9. The normalized spacial score (nSPS) is 23.7. The summed E-state index contributed by atoms with van der Waals surface area (Å²) in [5.74, 6) is -0.0641. The molecule has 1 aliphatic rings. The number of amides is 1. The van der Waals surface area contributed by atoms with Crippen LogP contribution >= 0.6 is 11.8 Å². The SMILES string of the molecule is C[NH2+]CCN1C(=O)[C@H](C)S[C@@H]1c1ccc(F)cc1. The molecule has 1 aliphatic heterocycles. The highest BCUT2D eigenvalue weighted by atomic mass is 32.2. The van der Waals surface area contributed by atoms with Gasteiger partial charge in [0.1, 0.15) is 11.2 Å². The quantitative estimate of drug-likeness (QED) is 0.885. The lowest BCUT2D eigenvalue weighted by Crippen LogP contribution is -2.81. The predicted molar refractivity (Wildman–Crippen MR) is 70.6 cm³/mol. The molecule has 1 fully saturated rings. The summed E-state index contributed by atoms with van der Waals surface area (Å²) in [6.45, 7) is 3.55. The number of carbonyl (C=O) groups excluding carboxylic acids is 1. The Morgan fingerprint density at radius 2 is 2.06 bits per heavy atom. The minimum absolute atomic E-state index is 0.0168. The molecular weight excluding hydrogens is 251 g/mol. The minimum atomic E-state index is -0.241. The van der Waals surface area contributed by atoms with Crippen LogP contribution in [0.1, 0.15) is 17.9 Å². The first-order valence-electron chi connectivity index (χ1n) is 6.12. The van der Waals surface area contributed by atoms with E-state index in [1.54, 1.807) is 23.9 Å². The fourth-order valence-corrected chi connectivity index (χ4v) is 3.36. The van der Waals surface area contributed by atoms with Gasteiger partial charge in [-0.25, -0.2) is 4.39 Å². The van der Waals surface area contributed by atoms with Crippen LogP contribution in [0.4, 0.5) is 4.39 Å². The number of carbonyl (C=O) groups is 1. The van der Waals surface area contributed by atoms with E-state index in [1.165, 1.54) is 12.1 Å². The first-order valence-corrected chi connectivity index (χ1v) is 7.07. The van der Waals surface area contributed by atoms with E-state index in [0.717, 1.165) is 18.7 Å². The molecule has 5 heteroatoms. The van der Waals surface area contributed by atoms with Gasteiger partial charge in [0.15, 0.2) is 0 Å². The van der Waals surface area contributed by atoms with Crippen molar-refractivity contribution >= 4 is 17.7 Å². The van der Waals surface area contributed by atoms with E-state index in [1.807, 2.05) is 18.9 Å². The van der Waals surface area contributed by atoms with E-state index < -0.39 is 0 Å². The number of likely N-dealkylation sites (N-methyl/N-ethyl adjacent to an activating group) is 1. The van der Waals surface area contributed by atoms with Crippen molar-refractivity contribution in [2.45, 2.75) is 17.5 Å². The number of nitrogens with two attached hydrogens (primary N) is 1. The molecule has 1 amide bonds. The molecule has 0 saturated carbocycles. The van der Waals surface area contributed by atoms with Gasteiger partial charge in [-0.1, -0.05) is 12.1 Å². The Morgan fingerprint density at radius 1 is 1.39 bits per heavy atom. The van der Waals surface area contributed by atoms with Gasteiger partial charge in [-0.15, -0.1) is 11.8 Å². The zero-order valence-electron chi connectivity index (χ0n) is 10.6.